The third-order valence-corrected chi connectivity index (χ3v) is 7.11. The Kier molecular flexibility index (Phi) is 4.56. The van der Waals surface area contributed by atoms with E-state index in [0.717, 1.165) is 19.3 Å². The Morgan fingerprint density at radius 1 is 1.20 bits per heavy atom. The molecule has 160 valence electrons. The van der Waals surface area contributed by atoms with Crippen molar-refractivity contribution in [1.82, 2.24) is 25.0 Å². The van der Waals surface area contributed by atoms with Gasteiger partial charge in [-0.1, -0.05) is 6.42 Å². The molecular weight excluding hydrogens is 386 g/mol. The van der Waals surface area contributed by atoms with Gasteiger partial charge in [0.1, 0.15) is 17.8 Å². The normalized spacial score (nSPS) is 31.0. The molecule has 4 fully saturated rings. The van der Waals surface area contributed by atoms with Gasteiger partial charge in [-0.15, -0.1) is 0 Å². The van der Waals surface area contributed by atoms with Crippen molar-refractivity contribution in [3.63, 3.8) is 0 Å². The smallest absolute Gasteiger partial charge is 0.271 e. The number of carbonyl (C=O) groups excluding carboxylic acids is 4. The second-order valence-corrected chi connectivity index (χ2v) is 8.93. The number of likely N-dealkylation sites (tertiary alicyclic amines) is 1. The topological polar surface area (TPSA) is 104 Å². The molecule has 30 heavy (non-hydrogen) atoms. The lowest BCUT2D eigenvalue weighted by molar-refractivity contribution is -0.138. The molecule has 3 saturated heterocycles. The largest absolute Gasteiger partial charge is 0.351 e. The first-order chi connectivity index (χ1) is 14.4. The van der Waals surface area contributed by atoms with Crippen LogP contribution in [0.1, 0.15) is 42.6 Å². The van der Waals surface area contributed by atoms with Gasteiger partial charge < -0.3 is 25.0 Å². The Hall–Kier alpha value is -2.84. The van der Waals surface area contributed by atoms with E-state index in [9.17, 15) is 19.2 Å². The lowest BCUT2D eigenvalue weighted by Crippen LogP contribution is -2.53. The molecule has 3 aliphatic heterocycles. The highest BCUT2D eigenvalue weighted by Gasteiger charge is 2.52. The van der Waals surface area contributed by atoms with Gasteiger partial charge >= 0.3 is 0 Å². The molecule has 2 N–H and O–H groups in total. The minimum absolute atomic E-state index is 0.0241. The zero-order valence-corrected chi connectivity index (χ0v) is 17.0. The predicted octanol–water partition coefficient (Wildman–Crippen LogP) is -0.376. The van der Waals surface area contributed by atoms with Crippen molar-refractivity contribution in [3.05, 3.63) is 24.0 Å². The second kappa shape index (κ2) is 7.14. The maximum Gasteiger partial charge on any atom is 0.271 e. The molecule has 1 aliphatic carbocycles. The Morgan fingerprint density at radius 3 is 2.67 bits per heavy atom. The van der Waals surface area contributed by atoms with E-state index in [1.54, 1.807) is 39.7 Å². The number of hydrogen-bond acceptors (Lipinski definition) is 4. The van der Waals surface area contributed by atoms with Crippen LogP contribution in [-0.4, -0.2) is 75.3 Å². The molecule has 4 amide bonds. The monoisotopic (exact) mass is 413 g/mol. The molecule has 1 aromatic heterocycles. The van der Waals surface area contributed by atoms with Gasteiger partial charge in [-0.05, 0) is 37.8 Å². The summed E-state index contributed by atoms with van der Waals surface area (Å²) < 4.78 is 1.74. The summed E-state index contributed by atoms with van der Waals surface area (Å²) in [6, 6.07) is 1.63. The molecule has 0 spiro atoms. The average molecular weight is 413 g/mol. The highest BCUT2D eigenvalue weighted by atomic mass is 16.2. The number of amides is 4. The first kappa shape index (κ1) is 19.1. The van der Waals surface area contributed by atoms with Crippen molar-refractivity contribution >= 4 is 23.6 Å². The minimum atomic E-state index is -0.706. The average Bonchev–Trinajstić information content (AvgIpc) is 3.36. The quantitative estimate of drug-likeness (QED) is 0.705. The summed E-state index contributed by atoms with van der Waals surface area (Å²) in [5, 5.41) is 6.02. The Balaban J connectivity index is 1.35. The summed E-state index contributed by atoms with van der Waals surface area (Å²) in [6.45, 7) is 0.733. The van der Waals surface area contributed by atoms with Crippen LogP contribution in [0.15, 0.2) is 18.3 Å². The maximum atomic E-state index is 13.5. The predicted molar refractivity (Wildman–Crippen MR) is 106 cm³/mol. The number of hydrogen-bond donors (Lipinski definition) is 2. The SMILES string of the molecule is Cn1cccc1C(=O)N1CCC2NC(=O)C3CC(NC(=O)C4CCC4)CN3C(=O)C21. The van der Waals surface area contributed by atoms with Crippen LogP contribution in [-0.2, 0) is 21.4 Å². The molecule has 4 atom stereocenters. The third kappa shape index (κ3) is 2.98. The van der Waals surface area contributed by atoms with Crippen LogP contribution in [0.3, 0.4) is 0 Å². The van der Waals surface area contributed by atoms with Crippen LogP contribution in [0.2, 0.25) is 0 Å². The van der Waals surface area contributed by atoms with Gasteiger partial charge in [-0.2, -0.15) is 0 Å². The molecule has 4 heterocycles. The van der Waals surface area contributed by atoms with Gasteiger partial charge in [0.15, 0.2) is 0 Å². The Morgan fingerprint density at radius 2 is 2.00 bits per heavy atom. The molecule has 4 aliphatic rings. The lowest BCUT2D eigenvalue weighted by atomic mass is 9.84. The van der Waals surface area contributed by atoms with Crippen LogP contribution in [0.4, 0.5) is 0 Å². The fourth-order valence-corrected chi connectivity index (χ4v) is 5.18. The number of nitrogens with zero attached hydrogens (tertiary/aromatic N) is 3. The molecule has 9 nitrogen and oxygen atoms in total. The summed E-state index contributed by atoms with van der Waals surface area (Å²) in [5.41, 5.74) is 0.516. The summed E-state index contributed by atoms with van der Waals surface area (Å²) >= 11 is 0. The van der Waals surface area contributed by atoms with Crippen molar-refractivity contribution in [1.29, 1.82) is 0 Å². The second-order valence-electron chi connectivity index (χ2n) is 8.93. The van der Waals surface area contributed by atoms with Crippen LogP contribution < -0.4 is 10.6 Å². The van der Waals surface area contributed by atoms with E-state index in [0.29, 0.717) is 31.6 Å². The number of carbonyl (C=O) groups is 4. The molecule has 0 bridgehead atoms. The third-order valence-electron chi connectivity index (χ3n) is 7.11. The molecule has 9 heteroatoms. The summed E-state index contributed by atoms with van der Waals surface area (Å²) in [5.74, 6) is -0.512. The van der Waals surface area contributed by atoms with E-state index < -0.39 is 12.1 Å². The van der Waals surface area contributed by atoms with Crippen molar-refractivity contribution in [3.8, 4) is 0 Å². The van der Waals surface area contributed by atoms with Crippen molar-refractivity contribution in [2.75, 3.05) is 13.1 Å². The number of aromatic nitrogens is 1. The van der Waals surface area contributed by atoms with E-state index in [1.807, 2.05) is 0 Å². The number of aryl methyl sites for hydroxylation is 1. The van der Waals surface area contributed by atoms with Gasteiger partial charge in [0.05, 0.1) is 6.04 Å². The van der Waals surface area contributed by atoms with Crippen molar-refractivity contribution in [2.24, 2.45) is 13.0 Å². The first-order valence-electron chi connectivity index (χ1n) is 10.8. The van der Waals surface area contributed by atoms with Crippen molar-refractivity contribution < 1.29 is 19.2 Å². The summed E-state index contributed by atoms with van der Waals surface area (Å²) in [7, 11) is 1.80. The van der Waals surface area contributed by atoms with Crippen LogP contribution in [0.25, 0.3) is 0 Å². The number of nitrogens with one attached hydrogen (secondary N) is 2. The molecule has 1 aromatic rings. The van der Waals surface area contributed by atoms with Gasteiger partial charge in [0.2, 0.25) is 17.7 Å². The molecular formula is C21H27N5O4. The number of rotatable bonds is 3. The zero-order chi connectivity index (χ0) is 21.0. The first-order valence-corrected chi connectivity index (χ1v) is 10.8. The fourth-order valence-electron chi connectivity index (χ4n) is 5.18. The summed E-state index contributed by atoms with van der Waals surface area (Å²) in [6.07, 6.45) is 5.66. The molecule has 0 radical (unpaired) electrons. The van der Waals surface area contributed by atoms with E-state index >= 15 is 0 Å². The van der Waals surface area contributed by atoms with Gasteiger partial charge in [-0.3, -0.25) is 19.2 Å². The molecule has 1 saturated carbocycles. The van der Waals surface area contributed by atoms with E-state index in [-0.39, 0.29) is 41.6 Å². The maximum absolute atomic E-state index is 13.5. The standard InChI is InChI=1S/C21H27N5O4/c1-24-8-3-6-15(24)20(29)25-9-7-14-17(25)21(30)26-11-13(10-16(26)19(28)23-14)22-18(27)12-4-2-5-12/h3,6,8,12-14,16-17H,2,4-5,7,9-11H2,1H3,(H,22,27)(H,23,28). The van der Waals surface area contributed by atoms with E-state index in [2.05, 4.69) is 10.6 Å². The molecule has 5 rings (SSSR count). The van der Waals surface area contributed by atoms with Gasteiger partial charge in [0, 0.05) is 38.3 Å². The van der Waals surface area contributed by atoms with Gasteiger partial charge in [-0.25, -0.2) is 0 Å². The Bertz CT molecular complexity index is 907. The van der Waals surface area contributed by atoms with Gasteiger partial charge in [0.25, 0.3) is 5.91 Å². The molecule has 0 aromatic carbocycles. The van der Waals surface area contributed by atoms with Crippen LogP contribution in [0, 0.1) is 5.92 Å². The van der Waals surface area contributed by atoms with E-state index in [4.69, 9.17) is 0 Å². The van der Waals surface area contributed by atoms with Crippen LogP contribution >= 0.6 is 0 Å². The lowest BCUT2D eigenvalue weighted by Gasteiger charge is -2.29. The van der Waals surface area contributed by atoms with Crippen molar-refractivity contribution in [2.45, 2.75) is 56.3 Å². The zero-order valence-electron chi connectivity index (χ0n) is 17.0. The summed E-state index contributed by atoms with van der Waals surface area (Å²) in [4.78, 5) is 54.9. The highest BCUT2D eigenvalue weighted by Crippen LogP contribution is 2.31. The highest BCUT2D eigenvalue weighted by molar-refractivity contribution is 6.00. The van der Waals surface area contributed by atoms with E-state index in [1.165, 1.54) is 0 Å². The molecule has 4 unspecified atom stereocenters. The Labute approximate surface area is 174 Å². The fraction of sp³-hybridized carbons (Fsp3) is 0.619. The minimum Gasteiger partial charge on any atom is -0.351 e. The number of fused-ring (bicyclic) bond motifs is 2. The van der Waals surface area contributed by atoms with Crippen LogP contribution in [0.5, 0.6) is 0 Å².